The second-order valence-corrected chi connectivity index (χ2v) is 8.02. The molecule has 7 nitrogen and oxygen atoms in total. The Morgan fingerprint density at radius 2 is 2.08 bits per heavy atom. The third-order valence-electron chi connectivity index (χ3n) is 5.07. The average Bonchev–Trinajstić information content (AvgIpc) is 3.29. The van der Waals surface area contributed by atoms with Crippen LogP contribution in [0.4, 0.5) is 4.79 Å². The number of nitrogens with one attached hydrogen (secondary N) is 1. The molecule has 1 aromatic heterocycles. The summed E-state index contributed by atoms with van der Waals surface area (Å²) >= 11 is 1.35. The van der Waals surface area contributed by atoms with Crippen LogP contribution in [0.15, 0.2) is 17.5 Å². The largest absolute Gasteiger partial charge is 0.447 e. The van der Waals surface area contributed by atoms with Crippen molar-refractivity contribution in [3.8, 4) is 0 Å². The highest BCUT2D eigenvalue weighted by atomic mass is 32.1. The second kappa shape index (κ2) is 8.07. The smallest absolute Gasteiger partial charge is 0.410 e. The van der Waals surface area contributed by atoms with Crippen LogP contribution in [0.5, 0.6) is 0 Å². The number of carbonyl (C=O) groups excluding carboxylic acids is 3. The van der Waals surface area contributed by atoms with Crippen molar-refractivity contribution in [3.05, 3.63) is 22.4 Å². The molecular weight excluding hydrogens is 354 g/mol. The van der Waals surface area contributed by atoms with Crippen LogP contribution in [0.25, 0.3) is 0 Å². The third kappa shape index (κ3) is 4.00. The summed E-state index contributed by atoms with van der Waals surface area (Å²) in [6, 6.07) is 3.76. The molecular formula is C18H25N3O4S. The van der Waals surface area contributed by atoms with Crippen LogP contribution in [0.3, 0.4) is 0 Å². The van der Waals surface area contributed by atoms with Crippen LogP contribution in [0.2, 0.25) is 0 Å². The van der Waals surface area contributed by atoms with Crippen molar-refractivity contribution in [2.24, 2.45) is 5.92 Å². The first kappa shape index (κ1) is 18.7. The summed E-state index contributed by atoms with van der Waals surface area (Å²) in [4.78, 5) is 40.6. The Hall–Kier alpha value is -2.09. The molecule has 0 saturated carbocycles. The summed E-state index contributed by atoms with van der Waals surface area (Å²) in [6.45, 7) is 5.81. The predicted molar refractivity (Wildman–Crippen MR) is 98.1 cm³/mol. The van der Waals surface area contributed by atoms with E-state index in [0.717, 1.165) is 12.8 Å². The van der Waals surface area contributed by atoms with Gasteiger partial charge in [-0.05, 0) is 30.2 Å². The summed E-state index contributed by atoms with van der Waals surface area (Å²) in [5.41, 5.74) is 0. The van der Waals surface area contributed by atoms with Gasteiger partial charge in [0, 0.05) is 19.1 Å². The van der Waals surface area contributed by atoms with Gasteiger partial charge in [-0.15, -0.1) is 11.3 Å². The molecule has 2 aliphatic heterocycles. The SMILES string of the molecule is CC(C)C1COC(=O)N1C1CCN(C(=O)CNC(=O)c2cccs2)CC1. The van der Waals surface area contributed by atoms with Crippen LogP contribution in [0, 0.1) is 5.92 Å². The maximum Gasteiger partial charge on any atom is 0.410 e. The van der Waals surface area contributed by atoms with Crippen molar-refractivity contribution >= 4 is 29.2 Å². The lowest BCUT2D eigenvalue weighted by Crippen LogP contribution is -2.52. The minimum atomic E-state index is -0.239. The minimum absolute atomic E-state index is 0.00176. The molecule has 8 heteroatoms. The first-order valence-electron chi connectivity index (χ1n) is 9.02. The Balaban J connectivity index is 1.48. The normalized spacial score (nSPS) is 21.2. The van der Waals surface area contributed by atoms with E-state index < -0.39 is 0 Å². The molecule has 1 aromatic rings. The highest BCUT2D eigenvalue weighted by molar-refractivity contribution is 7.12. The molecule has 3 amide bonds. The zero-order valence-electron chi connectivity index (χ0n) is 15.1. The fraction of sp³-hybridized carbons (Fsp3) is 0.611. The van der Waals surface area contributed by atoms with Gasteiger partial charge < -0.3 is 15.0 Å². The van der Waals surface area contributed by atoms with Gasteiger partial charge in [-0.25, -0.2) is 4.79 Å². The van der Waals surface area contributed by atoms with Gasteiger partial charge in [0.1, 0.15) is 6.61 Å². The van der Waals surface area contributed by atoms with E-state index in [0.29, 0.717) is 30.5 Å². The van der Waals surface area contributed by atoms with E-state index in [2.05, 4.69) is 19.2 Å². The van der Waals surface area contributed by atoms with E-state index in [1.165, 1.54) is 11.3 Å². The zero-order valence-corrected chi connectivity index (χ0v) is 16.0. The lowest BCUT2D eigenvalue weighted by molar-refractivity contribution is -0.131. The highest BCUT2D eigenvalue weighted by Crippen LogP contribution is 2.27. The molecule has 2 aliphatic rings. The quantitative estimate of drug-likeness (QED) is 0.848. The molecule has 0 aromatic carbocycles. The zero-order chi connectivity index (χ0) is 18.7. The molecule has 1 atom stereocenters. The lowest BCUT2D eigenvalue weighted by Gasteiger charge is -2.38. The molecule has 0 aliphatic carbocycles. The van der Waals surface area contributed by atoms with Gasteiger partial charge in [-0.3, -0.25) is 14.5 Å². The molecule has 26 heavy (non-hydrogen) atoms. The highest BCUT2D eigenvalue weighted by Gasteiger charge is 2.41. The molecule has 3 rings (SSSR count). The number of carbonyl (C=O) groups is 3. The molecule has 0 radical (unpaired) electrons. The standard InChI is InChI=1S/C18H25N3O4S/c1-12(2)14-11-25-18(24)21(14)13-5-7-20(8-6-13)16(22)10-19-17(23)15-4-3-9-26-15/h3-4,9,12-14H,5-8,10-11H2,1-2H3,(H,19,23). The number of cyclic esters (lactones) is 1. The number of rotatable bonds is 5. The third-order valence-corrected chi connectivity index (χ3v) is 5.94. The fourth-order valence-corrected chi connectivity index (χ4v) is 4.18. The number of piperidine rings is 1. The van der Waals surface area contributed by atoms with Gasteiger partial charge >= 0.3 is 6.09 Å². The maximum atomic E-state index is 12.3. The van der Waals surface area contributed by atoms with Crippen molar-refractivity contribution in [2.75, 3.05) is 26.2 Å². The molecule has 1 unspecified atom stereocenters. The summed E-state index contributed by atoms with van der Waals surface area (Å²) in [5.74, 6) is 0.0363. The molecule has 2 saturated heterocycles. The Labute approximate surface area is 157 Å². The fourth-order valence-electron chi connectivity index (χ4n) is 3.54. The minimum Gasteiger partial charge on any atom is -0.447 e. The molecule has 2 fully saturated rings. The first-order chi connectivity index (χ1) is 12.5. The Morgan fingerprint density at radius 1 is 1.35 bits per heavy atom. The van der Waals surface area contributed by atoms with Crippen molar-refractivity contribution in [1.29, 1.82) is 0 Å². The van der Waals surface area contributed by atoms with Gasteiger partial charge in [-0.1, -0.05) is 19.9 Å². The summed E-state index contributed by atoms with van der Waals surface area (Å²) in [5, 5.41) is 4.50. The molecule has 0 spiro atoms. The number of nitrogens with zero attached hydrogens (tertiary/aromatic N) is 2. The summed E-state index contributed by atoms with van der Waals surface area (Å²) in [6.07, 6.45) is 1.24. The van der Waals surface area contributed by atoms with Crippen LogP contribution in [-0.2, 0) is 9.53 Å². The average molecular weight is 379 g/mol. The van der Waals surface area contributed by atoms with E-state index in [9.17, 15) is 14.4 Å². The van der Waals surface area contributed by atoms with Crippen molar-refractivity contribution in [2.45, 2.75) is 38.8 Å². The van der Waals surface area contributed by atoms with Crippen molar-refractivity contribution in [3.63, 3.8) is 0 Å². The van der Waals surface area contributed by atoms with Gasteiger partial charge in [-0.2, -0.15) is 0 Å². The van der Waals surface area contributed by atoms with Gasteiger partial charge in [0.2, 0.25) is 5.91 Å². The summed E-state index contributed by atoms with van der Waals surface area (Å²) in [7, 11) is 0. The number of thiophene rings is 1. The Bertz CT molecular complexity index is 653. The predicted octanol–water partition coefficient (Wildman–Crippen LogP) is 1.95. The maximum absolute atomic E-state index is 12.3. The van der Waals surface area contributed by atoms with E-state index in [-0.39, 0.29) is 36.5 Å². The van der Waals surface area contributed by atoms with E-state index in [1.807, 2.05) is 10.3 Å². The van der Waals surface area contributed by atoms with Gasteiger partial charge in [0.25, 0.3) is 5.91 Å². The Morgan fingerprint density at radius 3 is 2.69 bits per heavy atom. The molecule has 0 bridgehead atoms. The Kier molecular flexibility index (Phi) is 5.80. The van der Waals surface area contributed by atoms with E-state index in [4.69, 9.17) is 4.74 Å². The summed E-state index contributed by atoms with van der Waals surface area (Å²) < 4.78 is 5.23. The molecule has 1 N–H and O–H groups in total. The van der Waals surface area contributed by atoms with Gasteiger partial charge in [0.15, 0.2) is 0 Å². The topological polar surface area (TPSA) is 79.0 Å². The van der Waals surface area contributed by atoms with Gasteiger partial charge in [0.05, 0.1) is 17.5 Å². The number of ether oxygens (including phenoxy) is 1. The van der Waals surface area contributed by atoms with Crippen LogP contribution in [-0.4, -0.2) is 66.0 Å². The number of hydrogen-bond donors (Lipinski definition) is 1. The van der Waals surface area contributed by atoms with E-state index in [1.54, 1.807) is 17.0 Å². The second-order valence-electron chi connectivity index (χ2n) is 7.07. The molecule has 3 heterocycles. The first-order valence-corrected chi connectivity index (χ1v) is 9.90. The van der Waals surface area contributed by atoms with E-state index >= 15 is 0 Å². The van der Waals surface area contributed by atoms with Crippen molar-refractivity contribution < 1.29 is 19.1 Å². The lowest BCUT2D eigenvalue weighted by atomic mass is 9.97. The molecule has 142 valence electrons. The number of amides is 3. The monoisotopic (exact) mass is 379 g/mol. The van der Waals surface area contributed by atoms with Crippen LogP contribution in [0.1, 0.15) is 36.4 Å². The van der Waals surface area contributed by atoms with Crippen LogP contribution < -0.4 is 5.32 Å². The number of hydrogen-bond acceptors (Lipinski definition) is 5. The number of likely N-dealkylation sites (tertiary alicyclic amines) is 1. The van der Waals surface area contributed by atoms with Crippen LogP contribution >= 0.6 is 11.3 Å². The van der Waals surface area contributed by atoms with Crippen molar-refractivity contribution in [1.82, 2.24) is 15.1 Å².